The van der Waals surface area contributed by atoms with E-state index >= 15 is 0 Å². The average Bonchev–Trinajstić information content (AvgIpc) is 2.67. The third-order valence-corrected chi connectivity index (χ3v) is 7.01. The Bertz CT molecular complexity index is 956. The molecule has 28 heavy (non-hydrogen) atoms. The van der Waals surface area contributed by atoms with Gasteiger partial charge in [0.2, 0.25) is 10.0 Å². The number of nitrogens with zero attached hydrogens (tertiary/aromatic N) is 1. The molecule has 1 aliphatic rings. The quantitative estimate of drug-likeness (QED) is 0.597. The van der Waals surface area contributed by atoms with Gasteiger partial charge in [0.1, 0.15) is 13.2 Å². The lowest BCUT2D eigenvalue weighted by molar-refractivity contribution is 0.0730. The Morgan fingerprint density at radius 1 is 1.21 bits per heavy atom. The molecule has 0 aliphatic carbocycles. The smallest absolute Gasteiger partial charge is 0.243 e. The van der Waals surface area contributed by atoms with Crippen LogP contribution >= 0.6 is 9.24 Å². The summed E-state index contributed by atoms with van der Waals surface area (Å²) in [7, 11) is 5.93. The molecule has 1 fully saturated rings. The van der Waals surface area contributed by atoms with Crippen LogP contribution in [0.1, 0.15) is 11.1 Å². The summed E-state index contributed by atoms with van der Waals surface area (Å²) >= 11 is 0. The molecule has 2 unspecified atom stereocenters. The van der Waals surface area contributed by atoms with Crippen molar-refractivity contribution in [3.63, 3.8) is 0 Å². The lowest BCUT2D eigenvalue weighted by atomic mass is 9.84. The third-order valence-electron chi connectivity index (χ3n) is 4.79. The molecule has 2 radical (unpaired) electrons. The van der Waals surface area contributed by atoms with Crippen molar-refractivity contribution in [2.24, 2.45) is 0 Å². The predicted octanol–water partition coefficient (Wildman–Crippen LogP) is 2.85. The summed E-state index contributed by atoms with van der Waals surface area (Å²) in [6, 6.07) is 10.0. The SMILES string of the molecule is [B]C(F)(P)c1cc(NC)cc(C)c1-c1ccc(S(=O)(=O)N2CCOCC2)cc1. The van der Waals surface area contributed by atoms with Crippen LogP contribution in [0.4, 0.5) is 10.1 Å². The van der Waals surface area contributed by atoms with E-state index in [9.17, 15) is 12.8 Å². The van der Waals surface area contributed by atoms with Crippen molar-refractivity contribution >= 4 is 32.8 Å². The van der Waals surface area contributed by atoms with Gasteiger partial charge in [0.15, 0.2) is 0 Å². The maximum Gasteiger partial charge on any atom is 0.243 e. The molecule has 0 aromatic heterocycles. The minimum Gasteiger partial charge on any atom is -0.388 e. The largest absolute Gasteiger partial charge is 0.388 e. The van der Waals surface area contributed by atoms with Gasteiger partial charge in [0, 0.05) is 25.8 Å². The van der Waals surface area contributed by atoms with Crippen molar-refractivity contribution in [2.75, 3.05) is 38.7 Å². The van der Waals surface area contributed by atoms with Crippen LogP contribution < -0.4 is 5.32 Å². The van der Waals surface area contributed by atoms with Crippen LogP contribution in [0.15, 0.2) is 41.3 Å². The molecule has 2 atom stereocenters. The van der Waals surface area contributed by atoms with Gasteiger partial charge in [-0.25, -0.2) is 12.8 Å². The minimum atomic E-state index is -3.58. The zero-order valence-electron chi connectivity index (χ0n) is 15.9. The van der Waals surface area contributed by atoms with E-state index < -0.39 is 15.3 Å². The molecule has 5 nitrogen and oxygen atoms in total. The van der Waals surface area contributed by atoms with Gasteiger partial charge in [-0.2, -0.15) is 4.31 Å². The van der Waals surface area contributed by atoms with Gasteiger partial charge in [-0.05, 0) is 53.4 Å². The van der Waals surface area contributed by atoms with Gasteiger partial charge in [-0.3, -0.25) is 0 Å². The van der Waals surface area contributed by atoms with Crippen LogP contribution in [0.25, 0.3) is 11.1 Å². The van der Waals surface area contributed by atoms with Crippen molar-refractivity contribution in [3.8, 4) is 11.1 Å². The Kier molecular flexibility index (Phi) is 6.15. The molecule has 148 valence electrons. The highest BCUT2D eigenvalue weighted by Crippen LogP contribution is 2.41. The number of nitrogens with one attached hydrogen (secondary N) is 1. The van der Waals surface area contributed by atoms with Gasteiger partial charge < -0.3 is 10.1 Å². The highest BCUT2D eigenvalue weighted by molar-refractivity contribution is 7.89. The summed E-state index contributed by atoms with van der Waals surface area (Å²) < 4.78 is 46.9. The molecule has 9 heteroatoms. The number of sulfonamides is 1. The number of morpholine rings is 1. The van der Waals surface area contributed by atoms with Crippen molar-refractivity contribution in [2.45, 2.75) is 17.1 Å². The Morgan fingerprint density at radius 2 is 1.82 bits per heavy atom. The lowest BCUT2D eigenvalue weighted by Crippen LogP contribution is -2.40. The maximum absolute atomic E-state index is 14.7. The normalized spacial score (nSPS) is 17.9. The van der Waals surface area contributed by atoms with Crippen molar-refractivity contribution < 1.29 is 17.5 Å². The molecule has 1 aliphatic heterocycles. The molecule has 1 saturated heterocycles. The number of ether oxygens (including phenoxy) is 1. The maximum atomic E-state index is 14.7. The second kappa shape index (κ2) is 8.11. The van der Waals surface area contributed by atoms with Crippen molar-refractivity contribution in [1.82, 2.24) is 4.31 Å². The van der Waals surface area contributed by atoms with E-state index in [1.165, 1.54) is 4.31 Å². The van der Waals surface area contributed by atoms with Gasteiger partial charge in [0.25, 0.3) is 0 Å². The molecule has 1 N–H and O–H groups in total. The Hall–Kier alpha value is -1.47. The number of rotatable bonds is 5. The number of hydrogen-bond donors (Lipinski definition) is 1. The monoisotopic (exact) mass is 420 g/mol. The fourth-order valence-corrected chi connectivity index (χ4v) is 4.98. The number of alkyl halides is 1. The first-order valence-corrected chi connectivity index (χ1v) is 10.9. The molecule has 0 bridgehead atoms. The topological polar surface area (TPSA) is 58.6 Å². The van der Waals surface area contributed by atoms with Crippen LogP contribution in [0.3, 0.4) is 0 Å². The Morgan fingerprint density at radius 3 is 2.36 bits per heavy atom. The number of anilines is 1. The summed E-state index contributed by atoms with van der Waals surface area (Å²) in [6.07, 6.45) is 0. The van der Waals surface area contributed by atoms with Gasteiger partial charge >= 0.3 is 0 Å². The van der Waals surface area contributed by atoms with Gasteiger partial charge in [-0.15, -0.1) is 9.24 Å². The number of halogens is 1. The van der Waals surface area contributed by atoms with E-state index in [0.717, 1.165) is 11.3 Å². The number of benzene rings is 2. The first kappa shape index (κ1) is 21.2. The van der Waals surface area contributed by atoms with Crippen LogP contribution in [0, 0.1) is 6.92 Å². The fraction of sp³-hybridized carbons (Fsp3) is 0.368. The van der Waals surface area contributed by atoms with E-state index in [0.29, 0.717) is 43.0 Å². The second-order valence-corrected chi connectivity index (χ2v) is 9.55. The molecular weight excluding hydrogens is 397 g/mol. The van der Waals surface area contributed by atoms with Crippen molar-refractivity contribution in [3.05, 3.63) is 47.5 Å². The van der Waals surface area contributed by atoms with Crippen LogP contribution in [0.2, 0.25) is 0 Å². The Labute approximate surface area is 169 Å². The summed E-state index contributed by atoms with van der Waals surface area (Å²) in [5, 5.41) is 0.878. The zero-order chi connectivity index (χ0) is 20.5. The van der Waals surface area contributed by atoms with E-state index in [1.54, 1.807) is 37.4 Å². The third kappa shape index (κ3) is 4.25. The average molecular weight is 420 g/mol. The fourth-order valence-electron chi connectivity index (χ4n) is 3.35. The molecule has 2 aromatic carbocycles. The highest BCUT2D eigenvalue weighted by Gasteiger charge is 2.28. The van der Waals surface area contributed by atoms with E-state index in [-0.39, 0.29) is 4.90 Å². The molecule has 2 aromatic rings. The standard InChI is InChI=1S/C19H23BFN2O3PS/c1-13-11-15(22-2)12-17(19(20,21)27)18(13)14-3-5-16(6-4-14)28(24,25)23-7-9-26-10-8-23/h3-6,11-12,22H,7-10,27H2,1-2H3. The van der Waals surface area contributed by atoms with Crippen molar-refractivity contribution in [1.29, 1.82) is 0 Å². The first-order chi connectivity index (χ1) is 13.1. The van der Waals surface area contributed by atoms with E-state index in [4.69, 9.17) is 12.6 Å². The van der Waals surface area contributed by atoms with E-state index in [2.05, 4.69) is 5.32 Å². The summed E-state index contributed by atoms with van der Waals surface area (Å²) in [6.45, 7) is 3.32. The number of aryl methyl sites for hydroxylation is 1. The lowest BCUT2D eigenvalue weighted by Gasteiger charge is -2.26. The molecule has 0 saturated carbocycles. The zero-order valence-corrected chi connectivity index (χ0v) is 17.9. The first-order valence-electron chi connectivity index (χ1n) is 8.92. The molecular formula is C19H23BFN2O3PS. The molecule has 0 spiro atoms. The molecule has 0 amide bonds. The number of hydrogen-bond acceptors (Lipinski definition) is 4. The van der Waals surface area contributed by atoms with E-state index in [1.807, 2.05) is 22.2 Å². The van der Waals surface area contributed by atoms with Gasteiger partial charge in [-0.1, -0.05) is 12.1 Å². The highest BCUT2D eigenvalue weighted by atomic mass is 32.2. The van der Waals surface area contributed by atoms with Crippen LogP contribution in [0.5, 0.6) is 0 Å². The second-order valence-electron chi connectivity index (χ2n) is 6.77. The minimum absolute atomic E-state index is 0.203. The summed E-state index contributed by atoms with van der Waals surface area (Å²) in [5.74, 6) is 0. The summed E-state index contributed by atoms with van der Waals surface area (Å²) in [4.78, 5) is 0.203. The summed E-state index contributed by atoms with van der Waals surface area (Å²) in [5.41, 5.74) is 3.24. The molecule has 3 rings (SSSR count). The van der Waals surface area contributed by atoms with Crippen LogP contribution in [-0.4, -0.2) is 53.9 Å². The predicted molar refractivity (Wildman–Crippen MR) is 114 cm³/mol. The Balaban J connectivity index is 2.02. The van der Waals surface area contributed by atoms with Gasteiger partial charge in [0.05, 0.1) is 18.1 Å². The van der Waals surface area contributed by atoms with Crippen LogP contribution in [-0.2, 0) is 20.1 Å². The molecule has 1 heterocycles.